The largest absolute Gasteiger partial charge is 0.493 e. The van der Waals surface area contributed by atoms with E-state index in [-0.39, 0.29) is 4.90 Å². The van der Waals surface area contributed by atoms with Gasteiger partial charge in [0.05, 0.1) is 11.5 Å². The Morgan fingerprint density at radius 2 is 2.10 bits per heavy atom. The molecule has 6 heteroatoms. The molecule has 106 valence electrons. The van der Waals surface area contributed by atoms with Crippen LogP contribution in [0.5, 0.6) is 5.75 Å². The quantitative estimate of drug-likeness (QED) is 0.908. The summed E-state index contributed by atoms with van der Waals surface area (Å²) in [5, 5.41) is 5.11. The maximum atomic E-state index is 11.3. The van der Waals surface area contributed by atoms with Gasteiger partial charge in [-0.05, 0) is 42.3 Å². The van der Waals surface area contributed by atoms with Crippen LogP contribution in [0.1, 0.15) is 11.1 Å². The Bertz CT molecular complexity index is 685. The second-order valence-corrected chi connectivity index (χ2v) is 5.96. The molecule has 0 fully saturated rings. The minimum atomic E-state index is -3.68. The summed E-state index contributed by atoms with van der Waals surface area (Å²) in [6.07, 6.45) is 4.25. The molecule has 20 heavy (non-hydrogen) atoms. The third-order valence-corrected chi connectivity index (χ3v) is 3.91. The van der Waals surface area contributed by atoms with Crippen LogP contribution in [0.2, 0.25) is 0 Å². The fourth-order valence-corrected chi connectivity index (χ4v) is 2.63. The molecule has 1 aromatic carbocycles. The van der Waals surface area contributed by atoms with E-state index < -0.39 is 10.0 Å². The first-order valence-electron chi connectivity index (χ1n) is 6.12. The highest BCUT2D eigenvalue weighted by atomic mass is 32.2. The van der Waals surface area contributed by atoms with Crippen molar-refractivity contribution in [3.8, 4) is 5.75 Å². The molecular weight excluding hydrogens is 276 g/mol. The average molecular weight is 292 g/mol. The van der Waals surface area contributed by atoms with Gasteiger partial charge in [-0.25, -0.2) is 13.6 Å². The third kappa shape index (κ3) is 3.79. The van der Waals surface area contributed by atoms with E-state index in [1.165, 1.54) is 6.07 Å². The van der Waals surface area contributed by atoms with Crippen LogP contribution < -0.4 is 9.88 Å². The third-order valence-electron chi connectivity index (χ3n) is 2.84. The van der Waals surface area contributed by atoms with Crippen molar-refractivity contribution >= 4 is 10.0 Å². The number of hydrogen-bond acceptors (Lipinski definition) is 4. The van der Waals surface area contributed by atoms with Crippen molar-refractivity contribution in [1.82, 2.24) is 4.98 Å². The average Bonchev–Trinajstić information content (AvgIpc) is 2.38. The summed E-state index contributed by atoms with van der Waals surface area (Å²) in [6.45, 7) is 2.19. The molecular formula is C14H16N2O3S. The SMILES string of the molecule is Cc1cc(OCCc2cccnc2)ccc1S(N)(=O)=O. The number of pyridine rings is 1. The van der Waals surface area contributed by atoms with Crippen LogP contribution in [-0.4, -0.2) is 20.0 Å². The number of nitrogens with zero attached hydrogens (tertiary/aromatic N) is 1. The Morgan fingerprint density at radius 1 is 1.30 bits per heavy atom. The van der Waals surface area contributed by atoms with Crippen LogP contribution in [0.4, 0.5) is 0 Å². The summed E-state index contributed by atoms with van der Waals surface area (Å²) in [6, 6.07) is 8.59. The van der Waals surface area contributed by atoms with E-state index in [4.69, 9.17) is 9.88 Å². The van der Waals surface area contributed by atoms with Gasteiger partial charge in [-0.3, -0.25) is 4.98 Å². The molecule has 2 aromatic rings. The Hall–Kier alpha value is -1.92. The highest BCUT2D eigenvalue weighted by Crippen LogP contribution is 2.20. The fourth-order valence-electron chi connectivity index (χ4n) is 1.86. The summed E-state index contributed by atoms with van der Waals surface area (Å²) in [5.74, 6) is 0.624. The Balaban J connectivity index is 1.99. The highest BCUT2D eigenvalue weighted by Gasteiger charge is 2.11. The lowest BCUT2D eigenvalue weighted by molar-refractivity contribution is 0.321. The predicted octanol–water partition coefficient (Wildman–Crippen LogP) is 1.66. The molecule has 0 radical (unpaired) electrons. The van der Waals surface area contributed by atoms with E-state index >= 15 is 0 Å². The molecule has 5 nitrogen and oxygen atoms in total. The Morgan fingerprint density at radius 3 is 2.70 bits per heavy atom. The first-order valence-corrected chi connectivity index (χ1v) is 7.66. The molecule has 1 heterocycles. The zero-order valence-electron chi connectivity index (χ0n) is 11.1. The number of ether oxygens (including phenoxy) is 1. The van der Waals surface area contributed by atoms with Crippen LogP contribution in [0.3, 0.4) is 0 Å². The second kappa shape index (κ2) is 6.02. The van der Waals surface area contributed by atoms with E-state index in [1.807, 2.05) is 12.1 Å². The van der Waals surface area contributed by atoms with Gasteiger partial charge in [-0.2, -0.15) is 0 Å². The van der Waals surface area contributed by atoms with Crippen molar-refractivity contribution in [2.45, 2.75) is 18.2 Å². The molecule has 0 aliphatic rings. The molecule has 2 N–H and O–H groups in total. The topological polar surface area (TPSA) is 82.3 Å². The van der Waals surface area contributed by atoms with Crippen LogP contribution in [0, 0.1) is 6.92 Å². The predicted molar refractivity (Wildman–Crippen MR) is 76.0 cm³/mol. The lowest BCUT2D eigenvalue weighted by atomic mass is 10.2. The van der Waals surface area contributed by atoms with E-state index in [9.17, 15) is 8.42 Å². The van der Waals surface area contributed by atoms with Gasteiger partial charge in [0.25, 0.3) is 0 Å². The van der Waals surface area contributed by atoms with Crippen molar-refractivity contribution < 1.29 is 13.2 Å². The van der Waals surface area contributed by atoms with Crippen molar-refractivity contribution in [1.29, 1.82) is 0 Å². The number of benzene rings is 1. The lowest BCUT2D eigenvalue weighted by Gasteiger charge is -2.09. The number of aromatic nitrogens is 1. The fraction of sp³-hybridized carbons (Fsp3) is 0.214. The van der Waals surface area contributed by atoms with Crippen LogP contribution in [0.25, 0.3) is 0 Å². The summed E-state index contributed by atoms with van der Waals surface area (Å²) >= 11 is 0. The molecule has 0 unspecified atom stereocenters. The molecule has 0 spiro atoms. The maximum Gasteiger partial charge on any atom is 0.238 e. The number of sulfonamides is 1. The molecule has 2 rings (SSSR count). The van der Waals surface area contributed by atoms with E-state index in [0.29, 0.717) is 17.9 Å². The highest BCUT2D eigenvalue weighted by molar-refractivity contribution is 7.89. The normalized spacial score (nSPS) is 11.3. The summed E-state index contributed by atoms with van der Waals surface area (Å²) < 4.78 is 28.2. The Labute approximate surface area is 118 Å². The van der Waals surface area contributed by atoms with Gasteiger partial charge in [0.2, 0.25) is 10.0 Å². The number of rotatable bonds is 5. The van der Waals surface area contributed by atoms with Crippen LogP contribution in [-0.2, 0) is 16.4 Å². The lowest BCUT2D eigenvalue weighted by Crippen LogP contribution is -2.13. The molecule has 0 aliphatic carbocycles. The molecule has 1 aromatic heterocycles. The van der Waals surface area contributed by atoms with Crippen molar-refractivity contribution in [2.24, 2.45) is 5.14 Å². The van der Waals surface area contributed by atoms with Gasteiger partial charge in [0, 0.05) is 18.8 Å². The number of aryl methyl sites for hydroxylation is 1. The van der Waals surface area contributed by atoms with Gasteiger partial charge in [0.15, 0.2) is 0 Å². The standard InChI is InChI=1S/C14H16N2O3S/c1-11-9-13(4-5-14(11)20(15,17)18)19-8-6-12-3-2-7-16-10-12/h2-5,7,9-10H,6,8H2,1H3,(H2,15,17,18). The monoisotopic (exact) mass is 292 g/mol. The summed E-state index contributed by atoms with van der Waals surface area (Å²) in [7, 11) is -3.68. The number of hydrogen-bond donors (Lipinski definition) is 1. The van der Waals surface area contributed by atoms with Crippen molar-refractivity contribution in [3.63, 3.8) is 0 Å². The van der Waals surface area contributed by atoms with Gasteiger partial charge in [0.1, 0.15) is 5.75 Å². The molecule has 0 atom stereocenters. The minimum Gasteiger partial charge on any atom is -0.493 e. The van der Waals surface area contributed by atoms with Crippen LogP contribution in [0.15, 0.2) is 47.6 Å². The summed E-state index contributed by atoms with van der Waals surface area (Å²) in [4.78, 5) is 4.15. The zero-order chi connectivity index (χ0) is 14.6. The Kier molecular flexibility index (Phi) is 4.36. The second-order valence-electron chi connectivity index (χ2n) is 4.43. The van der Waals surface area contributed by atoms with Crippen LogP contribution >= 0.6 is 0 Å². The van der Waals surface area contributed by atoms with Gasteiger partial charge in [-0.1, -0.05) is 6.07 Å². The smallest absolute Gasteiger partial charge is 0.238 e. The molecule has 0 saturated heterocycles. The molecule has 0 bridgehead atoms. The molecule has 0 aliphatic heterocycles. The van der Waals surface area contributed by atoms with Crippen molar-refractivity contribution in [3.05, 3.63) is 53.9 Å². The van der Waals surface area contributed by atoms with E-state index in [1.54, 1.807) is 31.5 Å². The van der Waals surface area contributed by atoms with E-state index in [0.717, 1.165) is 12.0 Å². The summed E-state index contributed by atoms with van der Waals surface area (Å²) in [5.41, 5.74) is 1.66. The van der Waals surface area contributed by atoms with E-state index in [2.05, 4.69) is 4.98 Å². The first kappa shape index (κ1) is 14.5. The van der Waals surface area contributed by atoms with Gasteiger partial charge < -0.3 is 4.74 Å². The number of nitrogens with two attached hydrogens (primary N) is 1. The zero-order valence-corrected chi connectivity index (χ0v) is 11.9. The van der Waals surface area contributed by atoms with Crippen molar-refractivity contribution in [2.75, 3.05) is 6.61 Å². The minimum absolute atomic E-state index is 0.122. The molecule has 0 amide bonds. The van der Waals surface area contributed by atoms with Gasteiger partial charge in [-0.15, -0.1) is 0 Å². The first-order chi connectivity index (χ1) is 9.47. The molecule has 0 saturated carbocycles. The van der Waals surface area contributed by atoms with Gasteiger partial charge >= 0.3 is 0 Å². The maximum absolute atomic E-state index is 11.3. The number of primary sulfonamides is 1.